The number of carbonyl (C=O) groups is 1. The minimum absolute atomic E-state index is 0.0591. The lowest BCUT2D eigenvalue weighted by Crippen LogP contribution is -2.53. The maximum atomic E-state index is 11.9. The second-order valence-corrected chi connectivity index (χ2v) is 5.64. The van der Waals surface area contributed by atoms with Gasteiger partial charge in [-0.1, -0.05) is 6.07 Å². The van der Waals surface area contributed by atoms with Crippen LogP contribution < -0.4 is 10.2 Å². The van der Waals surface area contributed by atoms with E-state index in [-0.39, 0.29) is 11.9 Å². The van der Waals surface area contributed by atoms with Crippen LogP contribution in [-0.2, 0) is 9.53 Å². The van der Waals surface area contributed by atoms with Crippen LogP contribution in [0.3, 0.4) is 0 Å². The van der Waals surface area contributed by atoms with Gasteiger partial charge in [0, 0.05) is 18.1 Å². The molecule has 0 aliphatic carbocycles. The van der Waals surface area contributed by atoms with Crippen LogP contribution in [0.2, 0.25) is 0 Å². The molecule has 20 heavy (non-hydrogen) atoms. The molecule has 0 spiro atoms. The highest BCUT2D eigenvalue weighted by Crippen LogP contribution is 2.31. The van der Waals surface area contributed by atoms with Gasteiger partial charge in [-0.3, -0.25) is 4.79 Å². The fraction of sp³-hybridized carbons (Fsp3) is 0.500. The van der Waals surface area contributed by atoms with Crippen molar-refractivity contribution in [3.63, 3.8) is 0 Å². The molecule has 1 heterocycles. The minimum atomic E-state index is -0.514. The van der Waals surface area contributed by atoms with Gasteiger partial charge in [-0.25, -0.2) is 0 Å². The number of rotatable bonds is 3. The molecular formula is C14H19BrN2O3. The van der Waals surface area contributed by atoms with Gasteiger partial charge < -0.3 is 20.1 Å². The van der Waals surface area contributed by atoms with Gasteiger partial charge in [0.2, 0.25) is 5.91 Å². The summed E-state index contributed by atoms with van der Waals surface area (Å²) in [6, 6.07) is 5.35. The first-order valence-corrected chi connectivity index (χ1v) is 7.37. The van der Waals surface area contributed by atoms with E-state index in [1.54, 1.807) is 14.0 Å². The van der Waals surface area contributed by atoms with Gasteiger partial charge in [0.15, 0.2) is 0 Å². The molecule has 1 aromatic carbocycles. The van der Waals surface area contributed by atoms with Gasteiger partial charge in [-0.2, -0.15) is 0 Å². The lowest BCUT2D eigenvalue weighted by atomic mass is 10.1. The van der Waals surface area contributed by atoms with E-state index in [1.807, 2.05) is 23.1 Å². The zero-order valence-corrected chi connectivity index (χ0v) is 13.2. The van der Waals surface area contributed by atoms with Gasteiger partial charge >= 0.3 is 0 Å². The highest BCUT2D eigenvalue weighted by Gasteiger charge is 2.30. The Morgan fingerprint density at radius 1 is 1.60 bits per heavy atom. The standard InChI is InChI=1S/C14H19BrN2O3/c1-9(18)10-3-4-12(11(15)7-10)17-5-6-20-8-13(17)14(19)16-2/h3-4,7,9,13,18H,5-6,8H2,1-2H3,(H,16,19)/t9-,13?/m0/s1. The Balaban J connectivity index is 2.30. The molecule has 1 amide bonds. The molecule has 2 atom stereocenters. The van der Waals surface area contributed by atoms with Crippen molar-refractivity contribution in [1.82, 2.24) is 5.32 Å². The summed E-state index contributed by atoms with van der Waals surface area (Å²) in [5, 5.41) is 12.3. The van der Waals surface area contributed by atoms with Gasteiger partial charge in [0.05, 0.1) is 25.0 Å². The van der Waals surface area contributed by atoms with Crippen LogP contribution in [0.5, 0.6) is 0 Å². The molecule has 2 rings (SSSR count). The van der Waals surface area contributed by atoms with Crippen LogP contribution >= 0.6 is 15.9 Å². The van der Waals surface area contributed by atoms with E-state index >= 15 is 0 Å². The van der Waals surface area contributed by atoms with E-state index in [9.17, 15) is 9.90 Å². The first-order valence-electron chi connectivity index (χ1n) is 6.58. The number of aliphatic hydroxyl groups is 1. The number of nitrogens with one attached hydrogen (secondary N) is 1. The summed E-state index contributed by atoms with van der Waals surface area (Å²) < 4.78 is 6.27. The third kappa shape index (κ3) is 3.13. The lowest BCUT2D eigenvalue weighted by molar-refractivity contribution is -0.124. The molecule has 1 saturated heterocycles. The van der Waals surface area contributed by atoms with Crippen molar-refractivity contribution >= 4 is 27.5 Å². The molecule has 0 bridgehead atoms. The summed E-state index contributed by atoms with van der Waals surface area (Å²) >= 11 is 3.52. The maximum Gasteiger partial charge on any atom is 0.244 e. The van der Waals surface area contributed by atoms with Gasteiger partial charge in [0.1, 0.15) is 6.04 Å². The summed E-state index contributed by atoms with van der Waals surface area (Å²) in [4.78, 5) is 14.0. The number of ether oxygens (including phenoxy) is 1. The van der Waals surface area contributed by atoms with Crippen LogP contribution in [-0.4, -0.2) is 43.9 Å². The number of benzene rings is 1. The molecule has 2 N–H and O–H groups in total. The molecule has 1 aliphatic heterocycles. The van der Waals surface area contributed by atoms with Crippen LogP contribution in [0.4, 0.5) is 5.69 Å². The Kier molecular flexibility index (Phi) is 5.01. The average molecular weight is 343 g/mol. The molecule has 0 radical (unpaired) electrons. The summed E-state index contributed by atoms with van der Waals surface area (Å²) in [6.45, 7) is 3.36. The monoisotopic (exact) mass is 342 g/mol. The third-order valence-corrected chi connectivity index (χ3v) is 4.08. The highest BCUT2D eigenvalue weighted by molar-refractivity contribution is 9.10. The summed E-state index contributed by atoms with van der Waals surface area (Å²) in [5.74, 6) is -0.0591. The molecule has 5 nitrogen and oxygen atoms in total. The number of aliphatic hydroxyl groups excluding tert-OH is 1. The van der Waals surface area contributed by atoms with E-state index in [0.29, 0.717) is 19.8 Å². The number of hydrogen-bond acceptors (Lipinski definition) is 4. The van der Waals surface area contributed by atoms with Crippen molar-refractivity contribution in [3.05, 3.63) is 28.2 Å². The number of nitrogens with zero attached hydrogens (tertiary/aromatic N) is 1. The van der Waals surface area contributed by atoms with Gasteiger partial charge in [-0.05, 0) is 40.5 Å². The summed E-state index contributed by atoms with van der Waals surface area (Å²) in [7, 11) is 1.63. The smallest absolute Gasteiger partial charge is 0.244 e. The number of amides is 1. The molecular weight excluding hydrogens is 324 g/mol. The van der Waals surface area contributed by atoms with Crippen molar-refractivity contribution in [2.75, 3.05) is 31.7 Å². The Bertz CT molecular complexity index is 493. The van der Waals surface area contributed by atoms with Gasteiger partial charge in [0.25, 0.3) is 0 Å². The number of hydrogen-bond donors (Lipinski definition) is 2. The maximum absolute atomic E-state index is 11.9. The number of halogens is 1. The molecule has 6 heteroatoms. The molecule has 110 valence electrons. The largest absolute Gasteiger partial charge is 0.389 e. The topological polar surface area (TPSA) is 61.8 Å². The Morgan fingerprint density at radius 3 is 2.95 bits per heavy atom. The Hall–Kier alpha value is -1.11. The van der Waals surface area contributed by atoms with Crippen molar-refractivity contribution in [2.24, 2.45) is 0 Å². The minimum Gasteiger partial charge on any atom is -0.389 e. The van der Waals surface area contributed by atoms with E-state index in [2.05, 4.69) is 21.2 Å². The molecule has 0 aromatic heterocycles. The van der Waals surface area contributed by atoms with Crippen LogP contribution in [0.15, 0.2) is 22.7 Å². The first-order chi connectivity index (χ1) is 9.54. The van der Waals surface area contributed by atoms with E-state index < -0.39 is 6.10 Å². The predicted molar refractivity (Wildman–Crippen MR) is 80.8 cm³/mol. The third-order valence-electron chi connectivity index (χ3n) is 3.44. The molecule has 1 aromatic rings. The van der Waals surface area contributed by atoms with Crippen LogP contribution in [0.1, 0.15) is 18.6 Å². The predicted octanol–water partition coefficient (Wildman–Crippen LogP) is 1.45. The normalized spacial score (nSPS) is 20.6. The SMILES string of the molecule is CNC(=O)C1COCCN1c1ccc([C@H](C)O)cc1Br. The zero-order valence-electron chi connectivity index (χ0n) is 11.6. The number of morpholine rings is 1. The second-order valence-electron chi connectivity index (χ2n) is 4.79. The van der Waals surface area contributed by atoms with Crippen LogP contribution in [0, 0.1) is 0 Å². The van der Waals surface area contributed by atoms with E-state index in [1.165, 1.54) is 0 Å². The average Bonchev–Trinajstić information content (AvgIpc) is 2.46. The van der Waals surface area contributed by atoms with E-state index in [4.69, 9.17) is 4.74 Å². The second kappa shape index (κ2) is 6.56. The highest BCUT2D eigenvalue weighted by atomic mass is 79.9. The van der Waals surface area contributed by atoms with Crippen molar-refractivity contribution < 1.29 is 14.6 Å². The Labute approximate surface area is 127 Å². The first kappa shape index (κ1) is 15.3. The van der Waals surface area contributed by atoms with Crippen molar-refractivity contribution in [2.45, 2.75) is 19.1 Å². The molecule has 1 aliphatic rings. The quantitative estimate of drug-likeness (QED) is 0.872. The molecule has 0 saturated carbocycles. The van der Waals surface area contributed by atoms with Crippen molar-refractivity contribution in [3.8, 4) is 0 Å². The fourth-order valence-electron chi connectivity index (χ4n) is 2.29. The summed E-state index contributed by atoms with van der Waals surface area (Å²) in [5.41, 5.74) is 1.77. The van der Waals surface area contributed by atoms with Gasteiger partial charge in [-0.15, -0.1) is 0 Å². The Morgan fingerprint density at radius 2 is 2.35 bits per heavy atom. The number of likely N-dealkylation sites (N-methyl/N-ethyl adjacent to an activating group) is 1. The van der Waals surface area contributed by atoms with E-state index in [0.717, 1.165) is 15.7 Å². The zero-order chi connectivity index (χ0) is 14.7. The number of carbonyl (C=O) groups excluding carboxylic acids is 1. The fourth-order valence-corrected chi connectivity index (χ4v) is 2.92. The lowest BCUT2D eigenvalue weighted by Gasteiger charge is -2.36. The number of anilines is 1. The summed E-state index contributed by atoms with van der Waals surface area (Å²) in [6.07, 6.45) is -0.514. The molecule has 1 fully saturated rings. The van der Waals surface area contributed by atoms with Crippen LogP contribution in [0.25, 0.3) is 0 Å². The van der Waals surface area contributed by atoms with Crippen molar-refractivity contribution in [1.29, 1.82) is 0 Å². The molecule has 1 unspecified atom stereocenters.